The maximum atomic E-state index is 11.3. The summed E-state index contributed by atoms with van der Waals surface area (Å²) in [5.41, 5.74) is 3.85. The Morgan fingerprint density at radius 2 is 1.47 bits per heavy atom. The Kier molecular flexibility index (Phi) is 3.04. The van der Waals surface area contributed by atoms with Gasteiger partial charge in [-0.15, -0.1) is 0 Å². The van der Waals surface area contributed by atoms with E-state index in [1.54, 1.807) is 6.92 Å². The van der Waals surface area contributed by atoms with Crippen molar-refractivity contribution in [2.75, 3.05) is 0 Å². The summed E-state index contributed by atoms with van der Waals surface area (Å²) in [4.78, 5) is 11.3. The molecule has 1 aromatic rings. The quantitative estimate of drug-likeness (QED) is 0.668. The molecule has 2 aliphatic carbocycles. The third-order valence-electron chi connectivity index (χ3n) is 3.63. The normalized spacial score (nSPS) is 11.0. The molecule has 0 atom stereocenters. The van der Waals surface area contributed by atoms with Gasteiger partial charge in [0.1, 0.15) is 5.78 Å². The molecule has 1 aromatic carbocycles. The van der Waals surface area contributed by atoms with Gasteiger partial charge in [0, 0.05) is 6.42 Å². The molecule has 2 aliphatic rings. The molecule has 94 valence electrons. The standard InChI is InChI=1S/C18H16O/c1-13(19)11-12-18-16-8-4-2-3-7-14(16)15-9-5-6-10-17(15)18/h2-10H,11-12H2,1H3. The molecule has 0 radical (unpaired) electrons. The van der Waals surface area contributed by atoms with Crippen LogP contribution >= 0.6 is 0 Å². The van der Waals surface area contributed by atoms with Crippen molar-refractivity contribution in [3.8, 4) is 11.1 Å². The van der Waals surface area contributed by atoms with Crippen molar-refractivity contribution >= 4 is 16.6 Å². The predicted molar refractivity (Wildman–Crippen MR) is 79.6 cm³/mol. The highest BCUT2D eigenvalue weighted by molar-refractivity contribution is 6.05. The summed E-state index contributed by atoms with van der Waals surface area (Å²) in [7, 11) is 0. The number of carbonyl (C=O) groups is 1. The molecule has 0 fully saturated rings. The number of rotatable bonds is 3. The number of benzene rings is 1. The zero-order valence-corrected chi connectivity index (χ0v) is 11.0. The topological polar surface area (TPSA) is 17.1 Å². The minimum Gasteiger partial charge on any atom is -0.300 e. The molecule has 3 rings (SSSR count). The van der Waals surface area contributed by atoms with Crippen molar-refractivity contribution in [2.45, 2.75) is 19.8 Å². The van der Waals surface area contributed by atoms with Crippen molar-refractivity contribution in [3.05, 3.63) is 60.2 Å². The van der Waals surface area contributed by atoms with E-state index in [1.807, 2.05) is 6.07 Å². The Balaban J connectivity index is 2.26. The maximum absolute atomic E-state index is 11.3. The SMILES string of the molecule is CC(=O)CCc1c2cccccc-2c2ccccc12. The zero-order valence-electron chi connectivity index (χ0n) is 11.0. The van der Waals surface area contributed by atoms with Crippen LogP contribution in [0.25, 0.3) is 21.9 Å². The molecule has 0 N–H and O–H groups in total. The van der Waals surface area contributed by atoms with Gasteiger partial charge in [-0.25, -0.2) is 0 Å². The van der Waals surface area contributed by atoms with E-state index in [1.165, 1.54) is 27.5 Å². The molecule has 0 saturated carbocycles. The number of hydrogen-bond acceptors (Lipinski definition) is 1. The second kappa shape index (κ2) is 4.85. The summed E-state index contributed by atoms with van der Waals surface area (Å²) < 4.78 is 0. The average molecular weight is 248 g/mol. The fourth-order valence-electron chi connectivity index (χ4n) is 2.74. The van der Waals surface area contributed by atoms with Gasteiger partial charge in [-0.3, -0.25) is 0 Å². The first-order chi connectivity index (χ1) is 9.27. The van der Waals surface area contributed by atoms with E-state index in [-0.39, 0.29) is 5.78 Å². The number of hydrogen-bond donors (Lipinski definition) is 0. The first kappa shape index (κ1) is 11.9. The molecule has 0 aliphatic heterocycles. The van der Waals surface area contributed by atoms with Crippen LogP contribution in [0.2, 0.25) is 0 Å². The molecule has 0 spiro atoms. The van der Waals surface area contributed by atoms with Crippen LogP contribution in [0.1, 0.15) is 18.9 Å². The summed E-state index contributed by atoms with van der Waals surface area (Å²) in [5.74, 6) is 0.249. The number of ketones is 1. The maximum Gasteiger partial charge on any atom is 0.130 e. The molecule has 1 heteroatoms. The van der Waals surface area contributed by atoms with E-state index >= 15 is 0 Å². The molecule has 0 bridgehead atoms. The van der Waals surface area contributed by atoms with Crippen LogP contribution in [-0.2, 0) is 11.2 Å². The van der Waals surface area contributed by atoms with Crippen LogP contribution in [0, 0.1) is 0 Å². The van der Waals surface area contributed by atoms with Gasteiger partial charge in [-0.2, -0.15) is 0 Å². The van der Waals surface area contributed by atoms with Crippen molar-refractivity contribution < 1.29 is 4.79 Å². The van der Waals surface area contributed by atoms with E-state index in [0.29, 0.717) is 6.42 Å². The Labute approximate surface area is 113 Å². The van der Waals surface area contributed by atoms with Crippen molar-refractivity contribution in [1.29, 1.82) is 0 Å². The van der Waals surface area contributed by atoms with E-state index < -0.39 is 0 Å². The molecule has 1 nitrogen and oxygen atoms in total. The van der Waals surface area contributed by atoms with Gasteiger partial charge in [0.15, 0.2) is 0 Å². The Morgan fingerprint density at radius 1 is 0.842 bits per heavy atom. The van der Waals surface area contributed by atoms with Crippen LogP contribution in [-0.4, -0.2) is 5.78 Å². The molecule has 0 heterocycles. The fourth-order valence-corrected chi connectivity index (χ4v) is 2.74. The van der Waals surface area contributed by atoms with Gasteiger partial charge in [-0.1, -0.05) is 54.6 Å². The van der Waals surface area contributed by atoms with Crippen molar-refractivity contribution in [3.63, 3.8) is 0 Å². The van der Waals surface area contributed by atoms with Crippen LogP contribution in [0.5, 0.6) is 0 Å². The predicted octanol–water partition coefficient (Wildman–Crippen LogP) is 4.47. The molecule has 0 unspecified atom stereocenters. The largest absolute Gasteiger partial charge is 0.300 e. The highest BCUT2D eigenvalue weighted by Gasteiger charge is 2.15. The van der Waals surface area contributed by atoms with Gasteiger partial charge in [0.05, 0.1) is 0 Å². The van der Waals surface area contributed by atoms with Gasteiger partial charge in [0.2, 0.25) is 0 Å². The van der Waals surface area contributed by atoms with Crippen LogP contribution in [0.4, 0.5) is 0 Å². The summed E-state index contributed by atoms with van der Waals surface area (Å²) in [6.45, 7) is 1.66. The van der Waals surface area contributed by atoms with Gasteiger partial charge in [-0.05, 0) is 40.8 Å². The summed E-state index contributed by atoms with van der Waals surface area (Å²) in [5, 5.41) is 2.57. The second-order valence-corrected chi connectivity index (χ2v) is 4.96. The molecular formula is C18H16O. The zero-order chi connectivity index (χ0) is 13.2. The number of Topliss-reactive ketones (excluding diaryl/α,β-unsaturated/α-hetero) is 1. The second-order valence-electron chi connectivity index (χ2n) is 4.96. The highest BCUT2D eigenvalue weighted by Crippen LogP contribution is 2.38. The summed E-state index contributed by atoms with van der Waals surface area (Å²) in [6.07, 6.45) is 1.44. The fraction of sp³-hybridized carbons (Fsp3) is 0.167. The Morgan fingerprint density at radius 3 is 2.21 bits per heavy atom. The lowest BCUT2D eigenvalue weighted by Gasteiger charge is -2.00. The molecule has 19 heavy (non-hydrogen) atoms. The van der Waals surface area contributed by atoms with Gasteiger partial charge in [0.25, 0.3) is 0 Å². The van der Waals surface area contributed by atoms with Gasteiger partial charge < -0.3 is 4.79 Å². The first-order valence-corrected chi connectivity index (χ1v) is 6.65. The molecular weight excluding hydrogens is 232 g/mol. The Bertz CT molecular complexity index is 712. The summed E-state index contributed by atoms with van der Waals surface area (Å²) in [6, 6.07) is 19.0. The molecule has 0 aromatic heterocycles. The lowest BCUT2D eigenvalue weighted by molar-refractivity contribution is -0.116. The Hall–Kier alpha value is -2.15. The molecule has 0 amide bonds. The number of aryl methyl sites for hydroxylation is 1. The third-order valence-corrected chi connectivity index (χ3v) is 3.63. The third kappa shape index (κ3) is 2.12. The van der Waals surface area contributed by atoms with Crippen LogP contribution < -0.4 is 0 Å². The minimum absolute atomic E-state index is 0.249. The average Bonchev–Trinajstić information content (AvgIpc) is 2.56. The number of fused-ring (bicyclic) bond motifs is 3. The lowest BCUT2D eigenvalue weighted by atomic mass is 10.0. The first-order valence-electron chi connectivity index (χ1n) is 6.65. The smallest absolute Gasteiger partial charge is 0.130 e. The minimum atomic E-state index is 0.249. The van der Waals surface area contributed by atoms with Crippen molar-refractivity contribution in [2.24, 2.45) is 0 Å². The van der Waals surface area contributed by atoms with E-state index in [9.17, 15) is 4.79 Å². The lowest BCUT2D eigenvalue weighted by Crippen LogP contribution is -1.93. The summed E-state index contributed by atoms with van der Waals surface area (Å²) >= 11 is 0. The van der Waals surface area contributed by atoms with E-state index in [4.69, 9.17) is 0 Å². The van der Waals surface area contributed by atoms with Crippen LogP contribution in [0.15, 0.2) is 54.6 Å². The van der Waals surface area contributed by atoms with Gasteiger partial charge >= 0.3 is 0 Å². The van der Waals surface area contributed by atoms with Crippen molar-refractivity contribution in [1.82, 2.24) is 0 Å². The number of carbonyl (C=O) groups excluding carboxylic acids is 1. The highest BCUT2D eigenvalue weighted by atomic mass is 16.1. The monoisotopic (exact) mass is 248 g/mol. The van der Waals surface area contributed by atoms with Crippen LogP contribution in [0.3, 0.4) is 0 Å². The van der Waals surface area contributed by atoms with E-state index in [2.05, 4.69) is 48.5 Å². The molecule has 0 saturated heterocycles. The van der Waals surface area contributed by atoms with E-state index in [0.717, 1.165) is 6.42 Å².